The van der Waals surface area contributed by atoms with Crippen molar-refractivity contribution in [3.05, 3.63) is 206 Å². The summed E-state index contributed by atoms with van der Waals surface area (Å²) in [7, 11) is 0. The lowest BCUT2D eigenvalue weighted by Gasteiger charge is -2.11. The summed E-state index contributed by atoms with van der Waals surface area (Å²) in [4.78, 5) is 27.8. The lowest BCUT2D eigenvalue weighted by Crippen LogP contribution is -1.95. The molecule has 56 heavy (non-hydrogen) atoms. The fraction of sp³-hybridized carbons (Fsp3) is 0. The van der Waals surface area contributed by atoms with E-state index in [0.29, 0.717) is 11.5 Å². The van der Waals surface area contributed by atoms with Gasteiger partial charge in [0.2, 0.25) is 0 Å². The molecule has 0 bridgehead atoms. The minimum absolute atomic E-state index is 0.602. The lowest BCUT2D eigenvalue weighted by atomic mass is 9.99. The molecule has 0 N–H and O–H groups in total. The van der Waals surface area contributed by atoms with Crippen molar-refractivity contribution in [2.45, 2.75) is 0 Å². The lowest BCUT2D eigenvalue weighted by molar-refractivity contribution is 1.18. The van der Waals surface area contributed by atoms with Crippen LogP contribution in [0.2, 0.25) is 0 Å². The fourth-order valence-corrected chi connectivity index (χ4v) is 6.68. The van der Waals surface area contributed by atoms with Crippen LogP contribution in [-0.2, 0) is 0 Å². The van der Waals surface area contributed by atoms with Crippen molar-refractivity contribution >= 4 is 5.69 Å². The highest BCUT2D eigenvalue weighted by Gasteiger charge is 2.13. The van der Waals surface area contributed by atoms with Gasteiger partial charge >= 0.3 is 0 Å². The van der Waals surface area contributed by atoms with Crippen LogP contribution in [0.1, 0.15) is 0 Å². The smallest absolute Gasteiger partial charge is 0.187 e. The second kappa shape index (κ2) is 15.2. The van der Waals surface area contributed by atoms with Gasteiger partial charge in [0.1, 0.15) is 0 Å². The summed E-state index contributed by atoms with van der Waals surface area (Å²) in [6, 6.07) is 61.1. The highest BCUT2D eigenvalue weighted by atomic mass is 14.9. The van der Waals surface area contributed by atoms with Gasteiger partial charge in [0.15, 0.2) is 11.5 Å². The molecule has 0 aliphatic heterocycles. The largest absolute Gasteiger partial charge is 0.255 e. The molecule has 0 atom stereocenters. The van der Waals surface area contributed by atoms with E-state index >= 15 is 0 Å². The first-order valence-electron chi connectivity index (χ1n) is 18.3. The van der Waals surface area contributed by atoms with E-state index in [1.165, 1.54) is 0 Å². The van der Waals surface area contributed by atoms with Gasteiger partial charge in [-0.25, -0.2) is 19.8 Å². The molecule has 0 spiro atoms. The minimum Gasteiger partial charge on any atom is -0.255 e. The van der Waals surface area contributed by atoms with Gasteiger partial charge in [0.05, 0.1) is 40.7 Å². The first-order chi connectivity index (χ1) is 27.7. The zero-order valence-corrected chi connectivity index (χ0v) is 30.2. The van der Waals surface area contributed by atoms with Gasteiger partial charge in [-0.2, -0.15) is 0 Å². The summed E-state index contributed by atoms with van der Waals surface area (Å²) in [5.41, 5.74) is 14.8. The summed E-state index contributed by atoms with van der Waals surface area (Å²) in [5.74, 6) is 0.701. The van der Waals surface area contributed by atoms with Crippen LogP contribution in [0.5, 0.6) is 0 Å². The van der Waals surface area contributed by atoms with Crippen molar-refractivity contribution < 1.29 is 0 Å². The average Bonchev–Trinajstić information content (AvgIpc) is 3.30. The molecule has 0 unspecified atom stereocenters. The molecule has 0 aliphatic carbocycles. The predicted molar refractivity (Wildman–Crippen MR) is 225 cm³/mol. The van der Waals surface area contributed by atoms with Gasteiger partial charge < -0.3 is 0 Å². The van der Waals surface area contributed by atoms with Crippen molar-refractivity contribution in [3.8, 4) is 90.1 Å². The molecule has 4 aromatic heterocycles. The second-order valence-electron chi connectivity index (χ2n) is 13.3. The summed E-state index contributed by atoms with van der Waals surface area (Å²) in [6.07, 6.45) is 3.66. The molecule has 262 valence electrons. The third-order valence-electron chi connectivity index (χ3n) is 9.67. The van der Waals surface area contributed by atoms with Gasteiger partial charge in [-0.05, 0) is 64.2 Å². The molecule has 0 fully saturated rings. The Bertz CT molecular complexity index is 2740. The Kier molecular flexibility index (Phi) is 9.23. The number of rotatable bonds is 8. The average molecular weight is 717 g/mol. The van der Waals surface area contributed by atoms with E-state index in [1.54, 1.807) is 6.20 Å². The maximum atomic E-state index is 7.32. The maximum absolute atomic E-state index is 7.32. The molecule has 0 radical (unpaired) electrons. The Morgan fingerprint density at radius 1 is 0.321 bits per heavy atom. The predicted octanol–water partition coefficient (Wildman–Crippen LogP) is 12.5. The topological polar surface area (TPSA) is 68.8 Å². The zero-order chi connectivity index (χ0) is 37.7. The van der Waals surface area contributed by atoms with E-state index in [9.17, 15) is 0 Å². The molecule has 0 saturated carbocycles. The van der Waals surface area contributed by atoms with E-state index < -0.39 is 0 Å². The van der Waals surface area contributed by atoms with Crippen LogP contribution in [0.4, 0.5) is 5.69 Å². The van der Waals surface area contributed by atoms with Gasteiger partial charge in [-0.1, -0.05) is 146 Å². The summed E-state index contributed by atoms with van der Waals surface area (Å²) in [6.45, 7) is 7.32. The highest BCUT2D eigenvalue weighted by molar-refractivity contribution is 5.78. The Labute approximate surface area is 325 Å². The number of hydrogen-bond acceptors (Lipinski definition) is 5. The van der Waals surface area contributed by atoms with Gasteiger partial charge in [-0.15, -0.1) is 0 Å². The van der Waals surface area contributed by atoms with Crippen LogP contribution in [0.15, 0.2) is 194 Å². The van der Waals surface area contributed by atoms with E-state index in [1.807, 2.05) is 115 Å². The van der Waals surface area contributed by atoms with Gasteiger partial charge in [-0.3, -0.25) is 9.97 Å². The van der Waals surface area contributed by atoms with E-state index in [4.69, 9.17) is 26.5 Å². The molecular weight excluding hydrogens is 685 g/mol. The Morgan fingerprint density at radius 2 is 0.804 bits per heavy atom. The number of hydrogen-bond donors (Lipinski definition) is 0. The first-order valence-corrected chi connectivity index (χ1v) is 18.3. The first kappa shape index (κ1) is 33.9. The summed E-state index contributed by atoms with van der Waals surface area (Å²) < 4.78 is 0. The highest BCUT2D eigenvalue weighted by Crippen LogP contribution is 2.33. The standard InChI is InChI=1S/C50H32N6/c1-51-43-26-23-37(24-27-43)42-30-48(44-14-8-9-29-52-44)54-49(31-42)45-28-25-41(33-53-45)36-17-15-34(16-18-36)35-19-21-39(22-20-35)47-32-46(38-10-4-2-5-11-38)55-50(56-47)40-12-6-3-7-13-40/h2-33H. The summed E-state index contributed by atoms with van der Waals surface area (Å²) in [5, 5.41) is 0. The second-order valence-corrected chi connectivity index (χ2v) is 13.3. The number of aromatic nitrogens is 5. The Morgan fingerprint density at radius 3 is 1.36 bits per heavy atom. The van der Waals surface area contributed by atoms with Crippen molar-refractivity contribution in [3.63, 3.8) is 0 Å². The number of benzene rings is 5. The normalized spacial score (nSPS) is 10.8. The Hall–Kier alpha value is -7.88. The van der Waals surface area contributed by atoms with Crippen molar-refractivity contribution in [1.82, 2.24) is 24.9 Å². The molecule has 4 heterocycles. The van der Waals surface area contributed by atoms with E-state index in [0.717, 1.165) is 84.2 Å². The SMILES string of the molecule is [C-]#[N+]c1ccc(-c2cc(-c3ccccn3)nc(-c3ccc(-c4ccc(-c5ccc(-c6cc(-c7ccccc7)nc(-c7ccccc7)n6)cc5)cc4)cn3)c2)cc1. The van der Waals surface area contributed by atoms with Crippen LogP contribution in [0, 0.1) is 6.57 Å². The molecule has 6 heteroatoms. The van der Waals surface area contributed by atoms with Crippen molar-refractivity contribution in [1.29, 1.82) is 0 Å². The monoisotopic (exact) mass is 716 g/mol. The molecule has 5 aromatic carbocycles. The molecule has 0 saturated heterocycles. The van der Waals surface area contributed by atoms with Crippen molar-refractivity contribution in [2.24, 2.45) is 0 Å². The van der Waals surface area contributed by atoms with Gasteiger partial charge in [0, 0.05) is 34.6 Å². The van der Waals surface area contributed by atoms with E-state index in [-0.39, 0.29) is 0 Å². The molecule has 0 amide bonds. The Balaban J connectivity index is 0.968. The van der Waals surface area contributed by atoms with Crippen LogP contribution in [0.3, 0.4) is 0 Å². The molecule has 0 aliphatic rings. The number of pyridine rings is 3. The zero-order valence-electron chi connectivity index (χ0n) is 30.2. The third-order valence-corrected chi connectivity index (χ3v) is 9.67. The van der Waals surface area contributed by atoms with Crippen LogP contribution < -0.4 is 0 Å². The van der Waals surface area contributed by atoms with E-state index in [2.05, 4.69) is 82.6 Å². The van der Waals surface area contributed by atoms with Crippen LogP contribution >= 0.6 is 0 Å². The fourth-order valence-electron chi connectivity index (χ4n) is 6.68. The maximum Gasteiger partial charge on any atom is 0.187 e. The number of nitrogens with zero attached hydrogens (tertiary/aromatic N) is 6. The molecule has 9 rings (SSSR count). The minimum atomic E-state index is 0.602. The summed E-state index contributed by atoms with van der Waals surface area (Å²) >= 11 is 0. The van der Waals surface area contributed by atoms with Crippen LogP contribution in [-0.4, -0.2) is 24.9 Å². The van der Waals surface area contributed by atoms with Crippen molar-refractivity contribution in [2.75, 3.05) is 0 Å². The van der Waals surface area contributed by atoms with Crippen LogP contribution in [0.25, 0.3) is 94.9 Å². The molecule has 6 nitrogen and oxygen atoms in total. The molecular formula is C50H32N6. The third kappa shape index (κ3) is 7.21. The quantitative estimate of drug-likeness (QED) is 0.146. The van der Waals surface area contributed by atoms with Gasteiger partial charge in [0.25, 0.3) is 0 Å². The molecule has 9 aromatic rings.